The topological polar surface area (TPSA) is 72.9 Å². The molecule has 0 spiro atoms. The maximum absolute atomic E-state index is 12.7. The Morgan fingerprint density at radius 2 is 1.89 bits per heavy atom. The van der Waals surface area contributed by atoms with E-state index in [4.69, 9.17) is 4.74 Å². The standard InChI is InChI=1S/C18H19BrF3NO5/c1-3-23(17(26)27-2)15-11(14(25)8-13(24)10-4-5-10)6-7-12(19)16(15)28-9-18(20,21)22/h6-7,10H,3-5,8-9H2,1-2H3. The molecule has 0 radical (unpaired) electrons. The summed E-state index contributed by atoms with van der Waals surface area (Å²) in [5.41, 5.74) is -0.247. The van der Waals surface area contributed by atoms with Gasteiger partial charge in [0, 0.05) is 18.0 Å². The Morgan fingerprint density at radius 1 is 1.25 bits per heavy atom. The lowest BCUT2D eigenvalue weighted by Gasteiger charge is -2.25. The molecule has 6 nitrogen and oxygen atoms in total. The van der Waals surface area contributed by atoms with Crippen LogP contribution in [0.3, 0.4) is 0 Å². The number of benzene rings is 1. The van der Waals surface area contributed by atoms with Crippen LogP contribution in [0.1, 0.15) is 36.5 Å². The van der Waals surface area contributed by atoms with Crippen molar-refractivity contribution in [3.05, 3.63) is 22.2 Å². The normalized spacial score (nSPS) is 13.8. The lowest BCUT2D eigenvalue weighted by molar-refractivity contribution is -0.153. The molecule has 1 saturated carbocycles. The zero-order valence-electron chi connectivity index (χ0n) is 15.3. The average molecular weight is 466 g/mol. The van der Waals surface area contributed by atoms with Gasteiger partial charge in [0.05, 0.1) is 18.0 Å². The fraction of sp³-hybridized carbons (Fsp3) is 0.500. The Labute approximate surface area is 168 Å². The Bertz CT molecular complexity index is 777. The van der Waals surface area contributed by atoms with Crippen molar-refractivity contribution in [2.45, 2.75) is 32.4 Å². The van der Waals surface area contributed by atoms with Gasteiger partial charge >= 0.3 is 12.3 Å². The Kier molecular flexibility index (Phi) is 7.08. The molecule has 0 atom stereocenters. The van der Waals surface area contributed by atoms with Crippen LogP contribution in [0.2, 0.25) is 0 Å². The highest BCUT2D eigenvalue weighted by Crippen LogP contribution is 2.41. The maximum Gasteiger partial charge on any atom is 0.422 e. The number of ether oxygens (including phenoxy) is 2. The summed E-state index contributed by atoms with van der Waals surface area (Å²) in [7, 11) is 1.11. The molecule has 1 aliphatic carbocycles. The minimum atomic E-state index is -4.62. The molecule has 0 aromatic heterocycles. The van der Waals surface area contributed by atoms with E-state index in [0.29, 0.717) is 0 Å². The molecule has 1 fully saturated rings. The van der Waals surface area contributed by atoms with Gasteiger partial charge in [-0.15, -0.1) is 0 Å². The number of hydrogen-bond donors (Lipinski definition) is 0. The van der Waals surface area contributed by atoms with Crippen LogP contribution < -0.4 is 9.64 Å². The van der Waals surface area contributed by atoms with E-state index in [-0.39, 0.29) is 39.7 Å². The number of hydrogen-bond acceptors (Lipinski definition) is 5. The highest BCUT2D eigenvalue weighted by Gasteiger charge is 2.34. The molecule has 1 aliphatic rings. The molecule has 154 valence electrons. The summed E-state index contributed by atoms with van der Waals surface area (Å²) in [5.74, 6) is -1.29. The van der Waals surface area contributed by atoms with Crippen LogP contribution in [-0.2, 0) is 9.53 Å². The van der Waals surface area contributed by atoms with E-state index in [1.54, 1.807) is 6.92 Å². The summed E-state index contributed by atoms with van der Waals surface area (Å²) in [5, 5.41) is 0. The molecule has 0 unspecified atom stereocenters. The van der Waals surface area contributed by atoms with Gasteiger partial charge in [0.25, 0.3) is 0 Å². The van der Waals surface area contributed by atoms with Gasteiger partial charge in [-0.3, -0.25) is 14.5 Å². The zero-order chi connectivity index (χ0) is 21.1. The van der Waals surface area contributed by atoms with E-state index in [1.807, 2.05) is 0 Å². The second-order valence-electron chi connectivity index (χ2n) is 6.23. The number of carbonyl (C=O) groups is 3. The molecule has 1 aromatic rings. The first-order chi connectivity index (χ1) is 13.1. The van der Waals surface area contributed by atoms with Crippen molar-refractivity contribution in [3.63, 3.8) is 0 Å². The number of halogens is 4. The Hall–Kier alpha value is -2.10. The SMILES string of the molecule is CCN(C(=O)OC)c1c(C(=O)CC(=O)C2CC2)ccc(Br)c1OCC(F)(F)F. The van der Waals surface area contributed by atoms with E-state index < -0.39 is 31.1 Å². The van der Waals surface area contributed by atoms with E-state index >= 15 is 0 Å². The monoisotopic (exact) mass is 465 g/mol. The molecule has 10 heteroatoms. The molecular formula is C18H19BrF3NO5. The van der Waals surface area contributed by atoms with Crippen LogP contribution >= 0.6 is 15.9 Å². The maximum atomic E-state index is 12.7. The van der Waals surface area contributed by atoms with Crippen molar-refractivity contribution >= 4 is 39.3 Å². The van der Waals surface area contributed by atoms with E-state index in [1.165, 1.54) is 12.1 Å². The molecule has 1 amide bonds. The highest BCUT2D eigenvalue weighted by molar-refractivity contribution is 9.10. The van der Waals surface area contributed by atoms with Gasteiger partial charge in [-0.25, -0.2) is 4.79 Å². The van der Waals surface area contributed by atoms with Gasteiger partial charge in [-0.2, -0.15) is 13.2 Å². The van der Waals surface area contributed by atoms with Gasteiger partial charge in [-0.05, 0) is 47.8 Å². The molecule has 0 bridgehead atoms. The molecule has 2 rings (SSSR count). The summed E-state index contributed by atoms with van der Waals surface area (Å²) in [6, 6.07) is 2.68. The van der Waals surface area contributed by atoms with Crippen molar-refractivity contribution in [2.75, 3.05) is 25.2 Å². The van der Waals surface area contributed by atoms with Crippen molar-refractivity contribution in [1.29, 1.82) is 0 Å². The van der Waals surface area contributed by atoms with E-state index in [2.05, 4.69) is 20.7 Å². The van der Waals surface area contributed by atoms with Gasteiger partial charge in [-0.1, -0.05) is 0 Å². The first-order valence-corrected chi connectivity index (χ1v) is 9.31. The predicted octanol–water partition coefficient (Wildman–Crippen LogP) is 4.53. The number of methoxy groups -OCH3 is 1. The first kappa shape index (κ1) is 22.2. The molecular weight excluding hydrogens is 447 g/mol. The number of rotatable bonds is 8. The van der Waals surface area contributed by atoms with Gasteiger partial charge in [0.2, 0.25) is 0 Å². The van der Waals surface area contributed by atoms with Crippen LogP contribution in [0.15, 0.2) is 16.6 Å². The number of nitrogens with zero attached hydrogens (tertiary/aromatic N) is 1. The quantitative estimate of drug-likeness (QED) is 0.416. The fourth-order valence-corrected chi connectivity index (χ4v) is 3.06. The fourth-order valence-electron chi connectivity index (χ4n) is 2.62. The van der Waals surface area contributed by atoms with Gasteiger partial charge < -0.3 is 9.47 Å². The van der Waals surface area contributed by atoms with Crippen molar-refractivity contribution in [3.8, 4) is 5.75 Å². The Morgan fingerprint density at radius 3 is 2.39 bits per heavy atom. The summed E-state index contributed by atoms with van der Waals surface area (Å²) >= 11 is 3.10. The van der Waals surface area contributed by atoms with Crippen molar-refractivity contribution < 1.29 is 37.0 Å². The van der Waals surface area contributed by atoms with Crippen LogP contribution in [-0.4, -0.2) is 44.1 Å². The van der Waals surface area contributed by atoms with Gasteiger partial charge in [0.15, 0.2) is 18.1 Å². The first-order valence-electron chi connectivity index (χ1n) is 8.52. The van der Waals surface area contributed by atoms with E-state index in [0.717, 1.165) is 24.9 Å². The summed E-state index contributed by atoms with van der Waals surface area (Å²) in [6.45, 7) is -0.0483. The van der Waals surface area contributed by atoms with Crippen molar-refractivity contribution in [1.82, 2.24) is 0 Å². The third-order valence-electron chi connectivity index (χ3n) is 4.11. The van der Waals surface area contributed by atoms with E-state index in [9.17, 15) is 27.6 Å². The third kappa shape index (κ3) is 5.46. The molecule has 0 aliphatic heterocycles. The zero-order valence-corrected chi connectivity index (χ0v) is 16.9. The summed E-state index contributed by atoms with van der Waals surface area (Å²) < 4.78 is 47.8. The van der Waals surface area contributed by atoms with Crippen LogP contribution in [0.25, 0.3) is 0 Å². The van der Waals surface area contributed by atoms with Crippen molar-refractivity contribution in [2.24, 2.45) is 5.92 Å². The highest BCUT2D eigenvalue weighted by atomic mass is 79.9. The Balaban J connectivity index is 2.51. The summed E-state index contributed by atoms with van der Waals surface area (Å²) in [6.07, 6.45) is -4.44. The van der Waals surface area contributed by atoms with Crippen LogP contribution in [0.5, 0.6) is 5.75 Å². The largest absolute Gasteiger partial charge is 0.481 e. The number of amides is 1. The number of alkyl halides is 3. The van der Waals surface area contributed by atoms with Crippen LogP contribution in [0.4, 0.5) is 23.7 Å². The predicted molar refractivity (Wildman–Crippen MR) is 97.8 cm³/mol. The second kappa shape index (κ2) is 8.93. The number of Topliss-reactive ketones (excluding diaryl/α,β-unsaturated/α-hetero) is 2. The molecule has 28 heavy (non-hydrogen) atoms. The second-order valence-corrected chi connectivity index (χ2v) is 7.09. The molecule has 0 heterocycles. The lowest BCUT2D eigenvalue weighted by atomic mass is 10.0. The van der Waals surface area contributed by atoms with Gasteiger partial charge in [0.1, 0.15) is 11.5 Å². The average Bonchev–Trinajstić information content (AvgIpc) is 3.45. The number of carbonyl (C=O) groups excluding carboxylic acids is 3. The number of ketones is 2. The lowest BCUT2D eigenvalue weighted by Crippen LogP contribution is -2.33. The van der Waals surface area contributed by atoms with Crippen LogP contribution in [0, 0.1) is 5.92 Å². The number of anilines is 1. The molecule has 0 saturated heterocycles. The minimum absolute atomic E-state index is 0.00234. The third-order valence-corrected chi connectivity index (χ3v) is 4.74. The molecule has 1 aromatic carbocycles. The molecule has 0 N–H and O–H groups in total. The smallest absolute Gasteiger partial charge is 0.422 e. The summed E-state index contributed by atoms with van der Waals surface area (Å²) in [4.78, 5) is 37.9. The minimum Gasteiger partial charge on any atom is -0.481 e.